The Kier molecular flexibility index (Phi) is 3.67. The average Bonchev–Trinajstić information content (AvgIpc) is 2.87. The number of carbonyl (C=O) groups excluding carboxylic acids is 1. The number of hydrogen-bond donors (Lipinski definition) is 1. The molecule has 1 aromatic rings. The molecular weight excluding hydrogens is 263 g/mol. The first-order chi connectivity index (χ1) is 9.72. The van der Waals surface area contributed by atoms with Crippen LogP contribution in [-0.2, 0) is 9.47 Å². The largest absolute Gasteiger partial charge is 0.384 e. The van der Waals surface area contributed by atoms with Crippen LogP contribution in [0.1, 0.15) is 16.8 Å². The number of rotatable bonds is 4. The highest BCUT2D eigenvalue weighted by atomic mass is 19.1. The predicted octanol–water partition coefficient (Wildman–Crippen LogP) is 1.00. The molecule has 4 atom stereocenters. The fraction of sp³-hybridized carbons (Fsp3) is 0.571. The Morgan fingerprint density at radius 3 is 3.25 bits per heavy atom. The van der Waals surface area contributed by atoms with Crippen LogP contribution in [0.4, 0.5) is 4.39 Å². The van der Waals surface area contributed by atoms with Crippen LogP contribution in [0.2, 0.25) is 0 Å². The first kappa shape index (κ1) is 13.5. The van der Waals surface area contributed by atoms with E-state index in [0.717, 1.165) is 12.6 Å². The second-order valence-electron chi connectivity index (χ2n) is 5.26. The lowest BCUT2D eigenvalue weighted by molar-refractivity contribution is -0.0809. The molecule has 1 aliphatic carbocycles. The van der Waals surface area contributed by atoms with Gasteiger partial charge in [-0.3, -0.25) is 9.78 Å². The molecule has 2 aliphatic rings. The van der Waals surface area contributed by atoms with Crippen molar-refractivity contribution in [1.29, 1.82) is 0 Å². The minimum absolute atomic E-state index is 0.0116. The molecule has 0 unspecified atom stereocenters. The van der Waals surface area contributed by atoms with Gasteiger partial charge < -0.3 is 14.8 Å². The zero-order valence-electron chi connectivity index (χ0n) is 11.2. The molecule has 0 aromatic carbocycles. The lowest BCUT2D eigenvalue weighted by Gasteiger charge is -2.47. The number of ether oxygens (including phenoxy) is 2. The van der Waals surface area contributed by atoms with Gasteiger partial charge in [-0.15, -0.1) is 0 Å². The number of halogens is 1. The fourth-order valence-electron chi connectivity index (χ4n) is 3.22. The Balaban J connectivity index is 1.70. The summed E-state index contributed by atoms with van der Waals surface area (Å²) in [5, 5.41) is 2.91. The zero-order valence-corrected chi connectivity index (χ0v) is 11.2. The van der Waals surface area contributed by atoms with Crippen LogP contribution in [-0.4, -0.2) is 43.4 Å². The Morgan fingerprint density at radius 1 is 1.65 bits per heavy atom. The molecule has 1 saturated heterocycles. The van der Waals surface area contributed by atoms with Gasteiger partial charge in [0.1, 0.15) is 0 Å². The topological polar surface area (TPSA) is 60.5 Å². The molecule has 0 spiro atoms. The van der Waals surface area contributed by atoms with Gasteiger partial charge in [0.15, 0.2) is 5.82 Å². The summed E-state index contributed by atoms with van der Waals surface area (Å²) in [5.74, 6) is -0.557. The van der Waals surface area contributed by atoms with Crippen LogP contribution < -0.4 is 5.32 Å². The van der Waals surface area contributed by atoms with E-state index in [9.17, 15) is 9.18 Å². The van der Waals surface area contributed by atoms with Crippen molar-refractivity contribution in [3.63, 3.8) is 0 Å². The van der Waals surface area contributed by atoms with Crippen molar-refractivity contribution in [3.8, 4) is 0 Å². The van der Waals surface area contributed by atoms with Gasteiger partial charge in [0.05, 0.1) is 24.5 Å². The van der Waals surface area contributed by atoms with E-state index in [0.29, 0.717) is 19.1 Å². The van der Waals surface area contributed by atoms with Crippen LogP contribution >= 0.6 is 0 Å². The maximum absolute atomic E-state index is 13.6. The summed E-state index contributed by atoms with van der Waals surface area (Å²) in [7, 11) is 1.63. The highest BCUT2D eigenvalue weighted by Gasteiger charge is 2.54. The normalized spacial score (nSPS) is 31.5. The van der Waals surface area contributed by atoms with E-state index in [4.69, 9.17) is 9.47 Å². The third-order valence-electron chi connectivity index (χ3n) is 4.20. The summed E-state index contributed by atoms with van der Waals surface area (Å²) in [5.41, 5.74) is 0.0264. The molecule has 1 saturated carbocycles. The third kappa shape index (κ3) is 2.19. The van der Waals surface area contributed by atoms with Gasteiger partial charge in [-0.2, -0.15) is 0 Å². The smallest absolute Gasteiger partial charge is 0.254 e. The summed E-state index contributed by atoms with van der Waals surface area (Å²) >= 11 is 0. The fourth-order valence-corrected chi connectivity index (χ4v) is 3.22. The molecule has 1 aromatic heterocycles. The van der Waals surface area contributed by atoms with Crippen molar-refractivity contribution in [2.24, 2.45) is 11.8 Å². The van der Waals surface area contributed by atoms with Crippen LogP contribution in [0.25, 0.3) is 0 Å². The molecule has 1 amide bonds. The van der Waals surface area contributed by atoms with Crippen LogP contribution in [0, 0.1) is 17.7 Å². The van der Waals surface area contributed by atoms with E-state index in [1.165, 1.54) is 12.3 Å². The molecule has 2 heterocycles. The standard InChI is InChI=1S/C14H17FN2O3/c1-19-7-10-12(9-3-5-20-13(9)10)17-14(18)8-2-4-16-6-11(8)15/h2,4,6,9-10,12-13H,3,5,7H2,1H3,(H,17,18)/t9-,10+,12-,13-/m1/s1. The summed E-state index contributed by atoms with van der Waals surface area (Å²) in [6.07, 6.45) is 3.54. The number of nitrogens with zero attached hydrogens (tertiary/aromatic N) is 1. The molecule has 5 nitrogen and oxygen atoms in total. The number of hydrogen-bond acceptors (Lipinski definition) is 4. The number of pyridine rings is 1. The monoisotopic (exact) mass is 280 g/mol. The first-order valence-electron chi connectivity index (χ1n) is 6.73. The zero-order chi connectivity index (χ0) is 14.1. The molecule has 3 rings (SSSR count). The Hall–Kier alpha value is -1.53. The number of nitrogens with one attached hydrogen (secondary N) is 1. The van der Waals surface area contributed by atoms with Crippen molar-refractivity contribution >= 4 is 5.91 Å². The van der Waals surface area contributed by atoms with Gasteiger partial charge >= 0.3 is 0 Å². The lowest BCUT2D eigenvalue weighted by Crippen LogP contribution is -2.62. The summed E-state index contributed by atoms with van der Waals surface area (Å²) in [4.78, 5) is 15.8. The number of amides is 1. The van der Waals surface area contributed by atoms with Crippen LogP contribution in [0.15, 0.2) is 18.5 Å². The van der Waals surface area contributed by atoms with Gasteiger partial charge in [0.2, 0.25) is 0 Å². The second kappa shape index (κ2) is 5.46. The molecule has 1 N–H and O–H groups in total. The molecule has 1 aliphatic heterocycles. The van der Waals surface area contributed by atoms with E-state index in [1.54, 1.807) is 7.11 Å². The number of methoxy groups -OCH3 is 1. The average molecular weight is 280 g/mol. The quantitative estimate of drug-likeness (QED) is 0.894. The molecule has 0 radical (unpaired) electrons. The summed E-state index contributed by atoms with van der Waals surface area (Å²) in [6, 6.07) is 1.37. The number of fused-ring (bicyclic) bond motifs is 1. The van der Waals surface area contributed by atoms with Gasteiger partial charge in [-0.25, -0.2) is 4.39 Å². The van der Waals surface area contributed by atoms with Gasteiger partial charge in [0, 0.05) is 37.8 Å². The molecular formula is C14H17FN2O3. The van der Waals surface area contributed by atoms with Gasteiger partial charge in [-0.1, -0.05) is 0 Å². The number of aromatic nitrogens is 1. The Labute approximate surface area is 116 Å². The number of carbonyl (C=O) groups is 1. The Bertz CT molecular complexity index is 511. The minimum atomic E-state index is -0.605. The van der Waals surface area contributed by atoms with Crippen LogP contribution in [0.5, 0.6) is 0 Å². The van der Waals surface area contributed by atoms with E-state index in [2.05, 4.69) is 10.3 Å². The molecule has 108 valence electrons. The van der Waals surface area contributed by atoms with Crippen LogP contribution in [0.3, 0.4) is 0 Å². The van der Waals surface area contributed by atoms with E-state index >= 15 is 0 Å². The highest BCUT2D eigenvalue weighted by molar-refractivity contribution is 5.94. The van der Waals surface area contributed by atoms with Gasteiger partial charge in [0.25, 0.3) is 5.91 Å². The SMILES string of the molecule is COC[C@H]1[C@H](NC(=O)c2ccncc2F)[C@H]2CCO[C@H]21. The van der Waals surface area contributed by atoms with Crippen molar-refractivity contribution in [3.05, 3.63) is 29.8 Å². The molecule has 6 heteroatoms. The summed E-state index contributed by atoms with van der Waals surface area (Å²) < 4.78 is 24.4. The highest BCUT2D eigenvalue weighted by Crippen LogP contribution is 2.43. The molecule has 20 heavy (non-hydrogen) atoms. The minimum Gasteiger partial charge on any atom is -0.384 e. The third-order valence-corrected chi connectivity index (χ3v) is 4.20. The van der Waals surface area contributed by atoms with Crippen molar-refractivity contribution in [2.45, 2.75) is 18.6 Å². The van der Waals surface area contributed by atoms with E-state index < -0.39 is 11.7 Å². The van der Waals surface area contributed by atoms with Crippen molar-refractivity contribution in [2.75, 3.05) is 20.3 Å². The Morgan fingerprint density at radius 2 is 2.50 bits per heavy atom. The van der Waals surface area contributed by atoms with E-state index in [1.807, 2.05) is 0 Å². The van der Waals surface area contributed by atoms with E-state index in [-0.39, 0.29) is 23.6 Å². The summed E-state index contributed by atoms with van der Waals surface area (Å²) in [6.45, 7) is 1.25. The van der Waals surface area contributed by atoms with Crippen molar-refractivity contribution < 1.29 is 18.7 Å². The molecule has 0 bridgehead atoms. The first-order valence-corrected chi connectivity index (χ1v) is 6.73. The lowest BCUT2D eigenvalue weighted by atomic mass is 9.67. The second-order valence-corrected chi connectivity index (χ2v) is 5.26. The van der Waals surface area contributed by atoms with Gasteiger partial charge in [-0.05, 0) is 12.5 Å². The van der Waals surface area contributed by atoms with Crippen molar-refractivity contribution in [1.82, 2.24) is 10.3 Å². The predicted molar refractivity (Wildman–Crippen MR) is 68.7 cm³/mol. The maximum Gasteiger partial charge on any atom is 0.254 e. The maximum atomic E-state index is 13.6. The molecule has 2 fully saturated rings.